The first-order chi connectivity index (χ1) is 14.1. The third-order valence-electron chi connectivity index (χ3n) is 4.84. The van der Waals surface area contributed by atoms with Gasteiger partial charge in [-0.25, -0.2) is 4.39 Å². The Morgan fingerprint density at radius 1 is 1.00 bits per heavy atom. The Kier molecular flexibility index (Phi) is 5.67. The van der Waals surface area contributed by atoms with Crippen LogP contribution in [0.2, 0.25) is 0 Å². The second-order valence-corrected chi connectivity index (χ2v) is 7.93. The van der Waals surface area contributed by atoms with Gasteiger partial charge in [-0.1, -0.05) is 42.5 Å². The van der Waals surface area contributed by atoms with Crippen molar-refractivity contribution in [2.75, 3.05) is 11.1 Å². The van der Waals surface area contributed by atoms with Gasteiger partial charge >= 0.3 is 0 Å². The van der Waals surface area contributed by atoms with E-state index in [2.05, 4.69) is 53.3 Å². The number of nitrogens with one attached hydrogen (secondary N) is 1. The van der Waals surface area contributed by atoms with E-state index >= 15 is 0 Å². The largest absolute Gasteiger partial charge is 0.342 e. The number of aryl methyl sites for hydroxylation is 1. The number of aromatic nitrogens is 1. The molecule has 4 aromatic rings. The van der Waals surface area contributed by atoms with Gasteiger partial charge in [0.2, 0.25) is 5.91 Å². The Balaban J connectivity index is 1.51. The van der Waals surface area contributed by atoms with Crippen LogP contribution in [0.3, 0.4) is 0 Å². The summed E-state index contributed by atoms with van der Waals surface area (Å²) in [5, 5.41) is 3.95. The molecule has 3 nitrogen and oxygen atoms in total. The Morgan fingerprint density at radius 2 is 1.72 bits per heavy atom. The standard InChI is InChI=1S/C24H21FN2OS/c1-17-6-2-3-7-18(17)14-27-15-23(21-8-4-5-9-22(21)27)29-16-24(28)26-20-12-10-19(25)11-13-20/h2-13,15H,14,16H2,1H3,(H,26,28). The molecule has 0 aliphatic heterocycles. The molecule has 0 unspecified atom stereocenters. The van der Waals surface area contributed by atoms with Crippen LogP contribution in [0.25, 0.3) is 10.9 Å². The molecule has 0 spiro atoms. The van der Waals surface area contributed by atoms with Crippen molar-refractivity contribution in [1.29, 1.82) is 0 Å². The van der Waals surface area contributed by atoms with E-state index in [9.17, 15) is 9.18 Å². The molecule has 1 amide bonds. The summed E-state index contributed by atoms with van der Waals surface area (Å²) in [4.78, 5) is 13.4. The Bertz CT molecular complexity index is 1150. The molecule has 0 bridgehead atoms. The molecule has 0 aliphatic rings. The number of anilines is 1. The van der Waals surface area contributed by atoms with Gasteiger partial charge in [-0.15, -0.1) is 11.8 Å². The summed E-state index contributed by atoms with van der Waals surface area (Å²) in [5.41, 5.74) is 4.29. The minimum Gasteiger partial charge on any atom is -0.342 e. The molecule has 0 radical (unpaired) electrons. The van der Waals surface area contributed by atoms with Crippen LogP contribution < -0.4 is 5.32 Å². The zero-order valence-corrected chi connectivity index (χ0v) is 16.9. The lowest BCUT2D eigenvalue weighted by Crippen LogP contribution is -2.13. The number of thioether (sulfide) groups is 1. The van der Waals surface area contributed by atoms with Crippen molar-refractivity contribution in [3.8, 4) is 0 Å². The number of para-hydroxylation sites is 1. The van der Waals surface area contributed by atoms with Crippen LogP contribution in [-0.4, -0.2) is 16.2 Å². The minimum atomic E-state index is -0.321. The lowest BCUT2D eigenvalue weighted by atomic mass is 10.1. The normalized spacial score (nSPS) is 11.0. The van der Waals surface area contributed by atoms with Crippen LogP contribution in [-0.2, 0) is 11.3 Å². The smallest absolute Gasteiger partial charge is 0.234 e. The number of rotatable bonds is 6. The van der Waals surface area contributed by atoms with E-state index in [1.54, 1.807) is 12.1 Å². The van der Waals surface area contributed by atoms with E-state index in [1.165, 1.54) is 35.0 Å². The Hall–Kier alpha value is -3.05. The fourth-order valence-electron chi connectivity index (χ4n) is 3.30. The van der Waals surface area contributed by atoms with E-state index in [-0.39, 0.29) is 17.5 Å². The number of carbonyl (C=O) groups excluding carboxylic acids is 1. The first-order valence-corrected chi connectivity index (χ1v) is 10.4. The molecule has 29 heavy (non-hydrogen) atoms. The first kappa shape index (κ1) is 19.3. The summed E-state index contributed by atoms with van der Waals surface area (Å²) >= 11 is 1.51. The molecule has 3 aromatic carbocycles. The molecule has 1 heterocycles. The predicted octanol–water partition coefficient (Wildman–Crippen LogP) is 5.87. The predicted molar refractivity (Wildman–Crippen MR) is 118 cm³/mol. The van der Waals surface area contributed by atoms with Gasteiger partial charge in [-0.3, -0.25) is 4.79 Å². The highest BCUT2D eigenvalue weighted by Gasteiger charge is 2.12. The fourth-order valence-corrected chi connectivity index (χ4v) is 4.19. The topological polar surface area (TPSA) is 34.0 Å². The van der Waals surface area contributed by atoms with E-state index in [0.717, 1.165) is 22.3 Å². The van der Waals surface area contributed by atoms with Crippen molar-refractivity contribution in [3.63, 3.8) is 0 Å². The number of hydrogen-bond acceptors (Lipinski definition) is 2. The van der Waals surface area contributed by atoms with Gasteiger partial charge in [-0.05, 0) is 48.4 Å². The lowest BCUT2D eigenvalue weighted by molar-refractivity contribution is -0.113. The average molecular weight is 405 g/mol. The molecule has 0 saturated carbocycles. The van der Waals surface area contributed by atoms with Gasteiger partial charge in [0.25, 0.3) is 0 Å². The van der Waals surface area contributed by atoms with Crippen LogP contribution in [0, 0.1) is 12.7 Å². The Morgan fingerprint density at radius 3 is 2.52 bits per heavy atom. The van der Waals surface area contributed by atoms with Crippen LogP contribution in [0.5, 0.6) is 0 Å². The number of fused-ring (bicyclic) bond motifs is 1. The zero-order valence-electron chi connectivity index (χ0n) is 16.1. The Labute approximate surface area is 173 Å². The number of halogens is 1. The highest BCUT2D eigenvalue weighted by atomic mass is 32.2. The molecule has 5 heteroatoms. The molecule has 0 saturated heterocycles. The highest BCUT2D eigenvalue weighted by molar-refractivity contribution is 8.00. The molecule has 4 rings (SSSR count). The van der Waals surface area contributed by atoms with Gasteiger partial charge in [0.1, 0.15) is 5.82 Å². The van der Waals surface area contributed by atoms with Crippen molar-refractivity contribution in [3.05, 3.63) is 95.9 Å². The van der Waals surface area contributed by atoms with E-state index in [0.29, 0.717) is 5.69 Å². The molecular formula is C24H21FN2OS. The summed E-state index contributed by atoms with van der Waals surface area (Å²) in [7, 11) is 0. The van der Waals surface area contributed by atoms with Gasteiger partial charge < -0.3 is 9.88 Å². The minimum absolute atomic E-state index is 0.114. The van der Waals surface area contributed by atoms with Crippen molar-refractivity contribution in [1.82, 2.24) is 4.57 Å². The average Bonchev–Trinajstić information content (AvgIpc) is 3.08. The molecular weight excluding hydrogens is 383 g/mol. The summed E-state index contributed by atoms with van der Waals surface area (Å²) in [6, 6.07) is 22.4. The molecule has 1 aromatic heterocycles. The highest BCUT2D eigenvalue weighted by Crippen LogP contribution is 2.31. The molecule has 1 N–H and O–H groups in total. The summed E-state index contributed by atoms with van der Waals surface area (Å²) in [5.74, 6) is -0.147. The SMILES string of the molecule is Cc1ccccc1Cn1cc(SCC(=O)Nc2ccc(F)cc2)c2ccccc21. The van der Waals surface area contributed by atoms with Crippen molar-refractivity contribution in [2.24, 2.45) is 0 Å². The number of carbonyl (C=O) groups is 1. The van der Waals surface area contributed by atoms with E-state index in [4.69, 9.17) is 0 Å². The monoisotopic (exact) mass is 404 g/mol. The molecule has 0 atom stereocenters. The van der Waals surface area contributed by atoms with Crippen molar-refractivity contribution >= 4 is 34.3 Å². The van der Waals surface area contributed by atoms with Crippen LogP contribution in [0.1, 0.15) is 11.1 Å². The fraction of sp³-hybridized carbons (Fsp3) is 0.125. The van der Waals surface area contributed by atoms with E-state index < -0.39 is 0 Å². The van der Waals surface area contributed by atoms with Crippen LogP contribution >= 0.6 is 11.8 Å². The third-order valence-corrected chi connectivity index (χ3v) is 5.88. The first-order valence-electron chi connectivity index (χ1n) is 9.41. The van der Waals surface area contributed by atoms with Crippen molar-refractivity contribution < 1.29 is 9.18 Å². The summed E-state index contributed by atoms with van der Waals surface area (Å²) in [6.45, 7) is 2.91. The third kappa shape index (κ3) is 4.51. The quantitative estimate of drug-likeness (QED) is 0.408. The second kappa shape index (κ2) is 8.53. The summed E-state index contributed by atoms with van der Waals surface area (Å²) in [6.07, 6.45) is 2.12. The van der Waals surface area contributed by atoms with Crippen LogP contribution in [0.15, 0.2) is 83.9 Å². The number of nitrogens with zero attached hydrogens (tertiary/aromatic N) is 1. The maximum Gasteiger partial charge on any atom is 0.234 e. The van der Waals surface area contributed by atoms with Gasteiger partial charge in [0, 0.05) is 34.2 Å². The number of benzene rings is 3. The number of hydrogen-bond donors (Lipinski definition) is 1. The maximum atomic E-state index is 13.0. The summed E-state index contributed by atoms with van der Waals surface area (Å²) < 4.78 is 15.2. The molecule has 0 aliphatic carbocycles. The molecule has 0 fully saturated rings. The van der Waals surface area contributed by atoms with Crippen molar-refractivity contribution in [2.45, 2.75) is 18.4 Å². The zero-order chi connectivity index (χ0) is 20.2. The van der Waals surface area contributed by atoms with Gasteiger partial charge in [0.15, 0.2) is 0 Å². The van der Waals surface area contributed by atoms with Gasteiger partial charge in [-0.2, -0.15) is 0 Å². The molecule has 146 valence electrons. The second-order valence-electron chi connectivity index (χ2n) is 6.91. The lowest BCUT2D eigenvalue weighted by Gasteiger charge is -2.08. The maximum absolute atomic E-state index is 13.0. The van der Waals surface area contributed by atoms with E-state index in [1.807, 2.05) is 18.2 Å². The number of amides is 1. The van der Waals surface area contributed by atoms with Gasteiger partial charge in [0.05, 0.1) is 5.75 Å². The van der Waals surface area contributed by atoms with Crippen LogP contribution in [0.4, 0.5) is 10.1 Å².